The lowest BCUT2D eigenvalue weighted by Crippen LogP contribution is -2.38. The Balaban J connectivity index is 1.94. The first-order valence-electron chi connectivity index (χ1n) is 10.0. The third kappa shape index (κ3) is 8.11. The fourth-order valence-electron chi connectivity index (χ4n) is 2.53. The number of hydrogen-bond acceptors (Lipinski definition) is 6. The molecule has 2 aromatic carbocycles. The summed E-state index contributed by atoms with van der Waals surface area (Å²) in [5, 5.41) is 8.44. The molecule has 0 aliphatic rings. The summed E-state index contributed by atoms with van der Waals surface area (Å²) in [6.07, 6.45) is -2.57. The number of amides is 3. The Hall–Kier alpha value is -4.09. The van der Waals surface area contributed by atoms with Gasteiger partial charge in [0.2, 0.25) is 0 Å². The number of benzene rings is 2. The molecule has 0 aromatic heterocycles. The van der Waals surface area contributed by atoms with Crippen molar-refractivity contribution in [3.8, 4) is 11.5 Å². The van der Waals surface area contributed by atoms with E-state index in [1.807, 2.05) is 6.92 Å². The van der Waals surface area contributed by atoms with Crippen molar-refractivity contribution >= 4 is 29.6 Å². The Kier molecular flexibility index (Phi) is 9.41. The zero-order valence-electron chi connectivity index (χ0n) is 18.4. The molecule has 3 amide bonds. The average Bonchev–Trinajstić information content (AvgIpc) is 2.81. The number of anilines is 1. The van der Waals surface area contributed by atoms with Crippen molar-refractivity contribution in [2.24, 2.45) is 5.10 Å². The summed E-state index contributed by atoms with van der Waals surface area (Å²) in [6.45, 7) is 1.73. The number of hydrogen-bond donors (Lipinski definition) is 3. The highest BCUT2D eigenvalue weighted by molar-refractivity contribution is 6.35. The zero-order valence-corrected chi connectivity index (χ0v) is 18.4. The monoisotopic (exact) mass is 480 g/mol. The lowest BCUT2D eigenvalue weighted by Gasteiger charge is -2.12. The Morgan fingerprint density at radius 3 is 2.50 bits per heavy atom. The Labute approximate surface area is 193 Å². The van der Waals surface area contributed by atoms with E-state index in [1.54, 1.807) is 6.07 Å². The summed E-state index contributed by atoms with van der Waals surface area (Å²) in [4.78, 5) is 35.2. The molecule has 3 N–H and O–H groups in total. The molecule has 0 aliphatic carbocycles. The van der Waals surface area contributed by atoms with Crippen LogP contribution in [-0.2, 0) is 20.6 Å². The Bertz CT molecular complexity index is 1060. The summed E-state index contributed by atoms with van der Waals surface area (Å²) in [5.41, 5.74) is 1.68. The summed E-state index contributed by atoms with van der Waals surface area (Å²) < 4.78 is 49.0. The van der Waals surface area contributed by atoms with Gasteiger partial charge in [0.05, 0.1) is 18.9 Å². The highest BCUT2D eigenvalue weighted by atomic mass is 19.4. The van der Waals surface area contributed by atoms with Gasteiger partial charge in [-0.1, -0.05) is 13.0 Å². The standard InChI is InChI=1S/C22H23F3N4O5/c1-3-9-26-20(31)21(32)29-27-12-14-7-8-17(18(10-14)33-2)34-13-19(30)28-16-6-4-5-15(11-16)22(23,24)25/h4-8,10-12H,3,9,13H2,1-2H3,(H,26,31)(H,28,30)(H,29,32)/b27-12-. The van der Waals surface area contributed by atoms with E-state index in [0.29, 0.717) is 18.5 Å². The van der Waals surface area contributed by atoms with Gasteiger partial charge in [0, 0.05) is 12.2 Å². The van der Waals surface area contributed by atoms with Crippen LogP contribution in [0.25, 0.3) is 0 Å². The van der Waals surface area contributed by atoms with Gasteiger partial charge in [0.15, 0.2) is 18.1 Å². The van der Waals surface area contributed by atoms with Gasteiger partial charge in [0.25, 0.3) is 5.91 Å². The zero-order chi connectivity index (χ0) is 25.1. The molecule has 9 nitrogen and oxygen atoms in total. The minimum absolute atomic E-state index is 0.0210. The third-order valence-corrected chi connectivity index (χ3v) is 4.14. The van der Waals surface area contributed by atoms with Gasteiger partial charge in [0.1, 0.15) is 0 Å². The summed E-state index contributed by atoms with van der Waals surface area (Å²) in [6, 6.07) is 8.76. The normalized spacial score (nSPS) is 11.1. The number of alkyl halides is 3. The first-order chi connectivity index (χ1) is 16.1. The third-order valence-electron chi connectivity index (χ3n) is 4.14. The quantitative estimate of drug-likeness (QED) is 0.290. The van der Waals surface area contributed by atoms with Crippen LogP contribution in [0, 0.1) is 0 Å². The minimum Gasteiger partial charge on any atom is -0.493 e. The summed E-state index contributed by atoms with van der Waals surface area (Å²) in [5.74, 6) is -1.95. The number of methoxy groups -OCH3 is 1. The molecular formula is C22H23F3N4O5. The van der Waals surface area contributed by atoms with E-state index in [2.05, 4.69) is 21.2 Å². The van der Waals surface area contributed by atoms with Gasteiger partial charge in [-0.15, -0.1) is 0 Å². The molecule has 34 heavy (non-hydrogen) atoms. The van der Waals surface area contributed by atoms with E-state index < -0.39 is 36.1 Å². The van der Waals surface area contributed by atoms with Crippen molar-refractivity contribution in [3.05, 3.63) is 53.6 Å². The predicted octanol–water partition coefficient (Wildman–Crippen LogP) is 2.71. The number of nitrogens with zero attached hydrogens (tertiary/aromatic N) is 1. The maximum absolute atomic E-state index is 12.8. The molecule has 0 unspecified atom stereocenters. The SMILES string of the molecule is CCCNC(=O)C(=O)N/N=C\c1ccc(OCC(=O)Nc2cccc(C(F)(F)F)c2)c(OC)c1. The first-order valence-corrected chi connectivity index (χ1v) is 10.0. The molecule has 0 radical (unpaired) electrons. The molecule has 0 heterocycles. The lowest BCUT2D eigenvalue weighted by atomic mass is 10.2. The average molecular weight is 480 g/mol. The van der Waals surface area contributed by atoms with Crippen LogP contribution < -0.4 is 25.5 Å². The minimum atomic E-state index is -4.53. The van der Waals surface area contributed by atoms with Crippen molar-refractivity contribution in [2.75, 3.05) is 25.6 Å². The number of hydrazone groups is 1. The van der Waals surface area contributed by atoms with Gasteiger partial charge in [-0.3, -0.25) is 14.4 Å². The summed E-state index contributed by atoms with van der Waals surface area (Å²) in [7, 11) is 1.37. The fraction of sp³-hybridized carbons (Fsp3) is 0.273. The molecule has 182 valence electrons. The first kappa shape index (κ1) is 26.2. The van der Waals surface area contributed by atoms with Gasteiger partial charge < -0.3 is 20.1 Å². The maximum atomic E-state index is 12.8. The van der Waals surface area contributed by atoms with E-state index in [9.17, 15) is 27.6 Å². The molecule has 2 aromatic rings. The van der Waals surface area contributed by atoms with E-state index in [-0.39, 0.29) is 17.2 Å². The number of carbonyl (C=O) groups is 3. The van der Waals surface area contributed by atoms with E-state index >= 15 is 0 Å². The van der Waals surface area contributed by atoms with Crippen molar-refractivity contribution < 1.29 is 37.0 Å². The number of carbonyl (C=O) groups excluding carboxylic acids is 3. The number of rotatable bonds is 9. The maximum Gasteiger partial charge on any atom is 0.416 e. The molecule has 0 saturated heterocycles. The van der Waals surface area contributed by atoms with E-state index in [0.717, 1.165) is 12.1 Å². The highest BCUT2D eigenvalue weighted by Crippen LogP contribution is 2.31. The molecule has 0 bridgehead atoms. The topological polar surface area (TPSA) is 118 Å². The van der Waals surface area contributed by atoms with Gasteiger partial charge in [-0.05, 0) is 48.4 Å². The molecule has 0 atom stereocenters. The number of nitrogens with one attached hydrogen (secondary N) is 3. The molecule has 0 saturated carbocycles. The second kappa shape index (κ2) is 12.2. The van der Waals surface area contributed by atoms with E-state index in [1.165, 1.54) is 37.6 Å². The van der Waals surface area contributed by atoms with Crippen LogP contribution >= 0.6 is 0 Å². The Morgan fingerprint density at radius 2 is 1.82 bits per heavy atom. The van der Waals surface area contributed by atoms with Gasteiger partial charge in [-0.2, -0.15) is 18.3 Å². The van der Waals surface area contributed by atoms with Crippen LogP contribution in [0.15, 0.2) is 47.6 Å². The van der Waals surface area contributed by atoms with Crippen molar-refractivity contribution in [1.29, 1.82) is 0 Å². The highest BCUT2D eigenvalue weighted by Gasteiger charge is 2.30. The van der Waals surface area contributed by atoms with Gasteiger partial charge in [-0.25, -0.2) is 5.43 Å². The molecule has 12 heteroatoms. The Morgan fingerprint density at radius 1 is 1.06 bits per heavy atom. The van der Waals surface area contributed by atoms with Crippen LogP contribution in [0.4, 0.5) is 18.9 Å². The molecule has 0 spiro atoms. The second-order valence-electron chi connectivity index (χ2n) is 6.78. The van der Waals surface area contributed by atoms with E-state index in [4.69, 9.17) is 9.47 Å². The van der Waals surface area contributed by atoms with Crippen LogP contribution in [-0.4, -0.2) is 44.2 Å². The van der Waals surface area contributed by atoms with Crippen LogP contribution in [0.5, 0.6) is 11.5 Å². The molecule has 0 fully saturated rings. The second-order valence-corrected chi connectivity index (χ2v) is 6.78. The van der Waals surface area contributed by atoms with Crippen LogP contribution in [0.2, 0.25) is 0 Å². The van der Waals surface area contributed by atoms with Crippen LogP contribution in [0.3, 0.4) is 0 Å². The number of halogens is 3. The smallest absolute Gasteiger partial charge is 0.416 e. The molecular weight excluding hydrogens is 457 g/mol. The largest absolute Gasteiger partial charge is 0.493 e. The van der Waals surface area contributed by atoms with Crippen molar-refractivity contribution in [2.45, 2.75) is 19.5 Å². The molecule has 0 aliphatic heterocycles. The lowest BCUT2D eigenvalue weighted by molar-refractivity contribution is -0.139. The fourth-order valence-corrected chi connectivity index (χ4v) is 2.53. The predicted molar refractivity (Wildman–Crippen MR) is 118 cm³/mol. The van der Waals surface area contributed by atoms with Crippen molar-refractivity contribution in [3.63, 3.8) is 0 Å². The summed E-state index contributed by atoms with van der Waals surface area (Å²) >= 11 is 0. The van der Waals surface area contributed by atoms with Crippen molar-refractivity contribution in [1.82, 2.24) is 10.7 Å². The molecule has 2 rings (SSSR count). The van der Waals surface area contributed by atoms with Gasteiger partial charge >= 0.3 is 18.0 Å². The number of ether oxygens (including phenoxy) is 2. The van der Waals surface area contributed by atoms with Crippen LogP contribution in [0.1, 0.15) is 24.5 Å².